The number of nitrogens with one attached hydrogen (secondary N) is 1. The van der Waals surface area contributed by atoms with Gasteiger partial charge in [-0.25, -0.2) is 5.43 Å². The summed E-state index contributed by atoms with van der Waals surface area (Å²) in [7, 11) is 0. The second-order valence-electron chi connectivity index (χ2n) is 3.69. The highest BCUT2D eigenvalue weighted by Crippen LogP contribution is 2.42. The third-order valence-corrected chi connectivity index (χ3v) is 2.56. The third kappa shape index (κ3) is 1.32. The Morgan fingerprint density at radius 2 is 2.33 bits per heavy atom. The molecule has 2 rings (SSSR count). The molecule has 0 aromatic rings. The van der Waals surface area contributed by atoms with Crippen LogP contribution in [-0.2, 0) is 4.79 Å². The molecular formula is C8H14N2O2. The van der Waals surface area contributed by atoms with E-state index in [2.05, 4.69) is 5.43 Å². The zero-order chi connectivity index (χ0) is 8.60. The molecule has 0 radical (unpaired) electrons. The molecule has 2 N–H and O–H groups in total. The zero-order valence-electron chi connectivity index (χ0n) is 7.05. The highest BCUT2D eigenvalue weighted by molar-refractivity contribution is 5.80. The molecule has 0 aromatic carbocycles. The van der Waals surface area contributed by atoms with Crippen LogP contribution in [0.2, 0.25) is 0 Å². The number of aliphatic hydroxyl groups is 1. The smallest absolute Gasteiger partial charge is 0.238 e. The van der Waals surface area contributed by atoms with E-state index < -0.39 is 0 Å². The van der Waals surface area contributed by atoms with Gasteiger partial charge in [-0.05, 0) is 19.3 Å². The summed E-state index contributed by atoms with van der Waals surface area (Å²) in [4.78, 5) is 11.3. The highest BCUT2D eigenvalue weighted by atomic mass is 16.3. The Labute approximate surface area is 71.5 Å². The zero-order valence-corrected chi connectivity index (χ0v) is 7.05. The van der Waals surface area contributed by atoms with Crippen LogP contribution >= 0.6 is 0 Å². The maximum absolute atomic E-state index is 11.3. The summed E-state index contributed by atoms with van der Waals surface area (Å²) < 4.78 is 0. The minimum absolute atomic E-state index is 0.131. The summed E-state index contributed by atoms with van der Waals surface area (Å²) in [6.45, 7) is 0.787. The van der Waals surface area contributed by atoms with Gasteiger partial charge in [-0.3, -0.25) is 9.80 Å². The molecule has 68 valence electrons. The average Bonchev–Trinajstić information content (AvgIpc) is 2.70. The Balaban J connectivity index is 1.86. The van der Waals surface area contributed by atoms with Gasteiger partial charge in [-0.15, -0.1) is 0 Å². The summed E-state index contributed by atoms with van der Waals surface area (Å²) >= 11 is 0. The molecule has 1 spiro atoms. The van der Waals surface area contributed by atoms with Gasteiger partial charge in [0, 0.05) is 25.1 Å². The lowest BCUT2D eigenvalue weighted by Gasteiger charge is -2.16. The molecule has 1 saturated carbocycles. The summed E-state index contributed by atoms with van der Waals surface area (Å²) in [5, 5.41) is 10.2. The van der Waals surface area contributed by atoms with Crippen molar-refractivity contribution in [2.24, 2.45) is 0 Å². The first-order valence-corrected chi connectivity index (χ1v) is 4.45. The second-order valence-corrected chi connectivity index (χ2v) is 3.69. The van der Waals surface area contributed by atoms with Gasteiger partial charge in [0.2, 0.25) is 5.91 Å². The molecule has 0 bridgehead atoms. The van der Waals surface area contributed by atoms with Crippen molar-refractivity contribution in [1.29, 1.82) is 0 Å². The van der Waals surface area contributed by atoms with Crippen LogP contribution in [0.5, 0.6) is 0 Å². The molecule has 1 amide bonds. The van der Waals surface area contributed by atoms with Crippen molar-refractivity contribution in [2.45, 2.75) is 31.2 Å². The molecule has 12 heavy (non-hydrogen) atoms. The van der Waals surface area contributed by atoms with Gasteiger partial charge in [0.15, 0.2) is 0 Å². The molecule has 2 aliphatic rings. The van der Waals surface area contributed by atoms with E-state index >= 15 is 0 Å². The first-order valence-electron chi connectivity index (χ1n) is 4.45. The molecule has 4 nitrogen and oxygen atoms in total. The number of rotatable bonds is 3. The summed E-state index contributed by atoms with van der Waals surface area (Å²) in [5.41, 5.74) is 3.33. The molecular weight excluding hydrogens is 156 g/mol. The number of hydrogen-bond acceptors (Lipinski definition) is 3. The van der Waals surface area contributed by atoms with Gasteiger partial charge in [0.05, 0.1) is 0 Å². The average molecular weight is 170 g/mol. The van der Waals surface area contributed by atoms with Crippen molar-refractivity contribution in [3.63, 3.8) is 0 Å². The molecule has 1 saturated heterocycles. The van der Waals surface area contributed by atoms with Crippen LogP contribution in [0.15, 0.2) is 0 Å². The van der Waals surface area contributed by atoms with E-state index in [4.69, 9.17) is 5.11 Å². The monoisotopic (exact) mass is 170 g/mol. The Kier molecular flexibility index (Phi) is 1.81. The van der Waals surface area contributed by atoms with E-state index in [1.165, 1.54) is 0 Å². The predicted molar refractivity (Wildman–Crippen MR) is 43.1 cm³/mol. The van der Waals surface area contributed by atoms with Crippen LogP contribution in [0.1, 0.15) is 25.7 Å². The van der Waals surface area contributed by atoms with Gasteiger partial charge in [0.1, 0.15) is 0 Å². The highest BCUT2D eigenvalue weighted by Gasteiger charge is 2.51. The van der Waals surface area contributed by atoms with Gasteiger partial charge >= 0.3 is 0 Å². The van der Waals surface area contributed by atoms with Crippen LogP contribution < -0.4 is 5.43 Å². The van der Waals surface area contributed by atoms with Gasteiger partial charge < -0.3 is 5.11 Å². The molecule has 1 aliphatic heterocycles. The molecule has 1 heterocycles. The van der Waals surface area contributed by atoms with Crippen molar-refractivity contribution in [1.82, 2.24) is 10.4 Å². The molecule has 0 atom stereocenters. The van der Waals surface area contributed by atoms with Crippen molar-refractivity contribution in [3.8, 4) is 0 Å². The van der Waals surface area contributed by atoms with E-state index in [0.717, 1.165) is 12.8 Å². The first kappa shape index (κ1) is 8.01. The van der Waals surface area contributed by atoms with Crippen molar-refractivity contribution in [3.05, 3.63) is 0 Å². The normalized spacial score (nSPS) is 25.4. The summed E-state index contributed by atoms with van der Waals surface area (Å²) in [5.74, 6) is 0.181. The molecule has 2 fully saturated rings. The molecule has 0 unspecified atom stereocenters. The quantitative estimate of drug-likeness (QED) is 0.608. The van der Waals surface area contributed by atoms with Crippen molar-refractivity contribution < 1.29 is 9.90 Å². The maximum Gasteiger partial charge on any atom is 0.238 e. The Hall–Kier alpha value is -0.610. The number of hydrazine groups is 1. The number of carbonyl (C=O) groups excluding carboxylic acids is 1. The fourth-order valence-electron chi connectivity index (χ4n) is 1.62. The Bertz CT molecular complexity index is 201. The fraction of sp³-hybridized carbons (Fsp3) is 0.875. The Morgan fingerprint density at radius 1 is 1.58 bits per heavy atom. The van der Waals surface area contributed by atoms with E-state index in [0.29, 0.717) is 19.4 Å². The van der Waals surface area contributed by atoms with E-state index in [1.807, 2.05) is 0 Å². The molecule has 1 aliphatic carbocycles. The van der Waals surface area contributed by atoms with E-state index in [1.54, 1.807) is 5.01 Å². The standard InChI is InChI=1S/C8H14N2O2/c11-5-1-4-10-7(12)6-8(9-10)2-3-8/h9,11H,1-6H2. The van der Waals surface area contributed by atoms with E-state index in [9.17, 15) is 4.79 Å². The van der Waals surface area contributed by atoms with Gasteiger partial charge in [-0.1, -0.05) is 0 Å². The predicted octanol–water partition coefficient (Wildman–Crippen LogP) is -0.362. The van der Waals surface area contributed by atoms with Crippen LogP contribution in [0, 0.1) is 0 Å². The topological polar surface area (TPSA) is 52.6 Å². The van der Waals surface area contributed by atoms with Crippen LogP contribution in [0.3, 0.4) is 0 Å². The van der Waals surface area contributed by atoms with Crippen LogP contribution in [0.4, 0.5) is 0 Å². The lowest BCUT2D eigenvalue weighted by molar-refractivity contribution is -0.129. The van der Waals surface area contributed by atoms with Gasteiger partial charge in [-0.2, -0.15) is 0 Å². The van der Waals surface area contributed by atoms with Gasteiger partial charge in [0.25, 0.3) is 0 Å². The Morgan fingerprint density at radius 3 is 2.83 bits per heavy atom. The largest absolute Gasteiger partial charge is 0.396 e. The first-order chi connectivity index (χ1) is 5.76. The summed E-state index contributed by atoms with van der Waals surface area (Å²) in [6, 6.07) is 0. The minimum Gasteiger partial charge on any atom is -0.396 e. The number of hydrogen-bond donors (Lipinski definition) is 2. The lowest BCUT2D eigenvalue weighted by atomic mass is 10.2. The fourth-order valence-corrected chi connectivity index (χ4v) is 1.62. The number of aliphatic hydroxyl groups excluding tert-OH is 1. The SMILES string of the molecule is O=C1CC2(CC2)NN1CCCO. The molecule has 0 aromatic heterocycles. The van der Waals surface area contributed by atoms with Crippen LogP contribution in [0.25, 0.3) is 0 Å². The number of amides is 1. The number of nitrogens with zero attached hydrogens (tertiary/aromatic N) is 1. The van der Waals surface area contributed by atoms with Crippen LogP contribution in [-0.4, -0.2) is 34.7 Å². The molecule has 4 heteroatoms. The lowest BCUT2D eigenvalue weighted by Crippen LogP contribution is -2.39. The third-order valence-electron chi connectivity index (χ3n) is 2.56. The minimum atomic E-state index is 0.131. The summed E-state index contributed by atoms with van der Waals surface area (Å²) in [6.07, 6.45) is 3.55. The van der Waals surface area contributed by atoms with Crippen molar-refractivity contribution >= 4 is 5.91 Å². The van der Waals surface area contributed by atoms with Crippen molar-refractivity contribution in [2.75, 3.05) is 13.2 Å². The van der Waals surface area contributed by atoms with E-state index in [-0.39, 0.29) is 18.1 Å². The maximum atomic E-state index is 11.3. The number of carbonyl (C=O) groups is 1. The second kappa shape index (κ2) is 2.71.